The zero-order chi connectivity index (χ0) is 12.4. The van der Waals surface area contributed by atoms with Crippen molar-refractivity contribution in [1.29, 1.82) is 0 Å². The van der Waals surface area contributed by atoms with E-state index in [9.17, 15) is 4.39 Å². The quantitative estimate of drug-likeness (QED) is 0.879. The van der Waals surface area contributed by atoms with E-state index in [4.69, 9.17) is 0 Å². The molecule has 0 aromatic carbocycles. The zero-order valence-corrected chi connectivity index (χ0v) is 10.2. The second kappa shape index (κ2) is 4.63. The van der Waals surface area contributed by atoms with E-state index in [-0.39, 0.29) is 5.82 Å². The van der Waals surface area contributed by atoms with Crippen molar-refractivity contribution in [3.63, 3.8) is 0 Å². The van der Waals surface area contributed by atoms with E-state index in [1.165, 1.54) is 12.3 Å². The number of halogens is 1. The number of imidazole rings is 1. The van der Waals surface area contributed by atoms with Crippen molar-refractivity contribution in [3.05, 3.63) is 41.4 Å². The normalized spacial score (nSPS) is 10.8. The van der Waals surface area contributed by atoms with Gasteiger partial charge in [-0.2, -0.15) is 0 Å². The number of aryl methyl sites for hydroxylation is 1. The third-order valence-corrected chi connectivity index (χ3v) is 2.76. The lowest BCUT2D eigenvalue weighted by atomic mass is 10.2. The van der Waals surface area contributed by atoms with E-state index in [2.05, 4.69) is 15.3 Å². The lowest BCUT2D eigenvalue weighted by Crippen LogP contribution is -2.11. The summed E-state index contributed by atoms with van der Waals surface area (Å²) in [5, 5.41) is 3.01. The van der Waals surface area contributed by atoms with Gasteiger partial charge in [0.15, 0.2) is 0 Å². The molecule has 2 aromatic heterocycles. The predicted octanol–water partition coefficient (Wildman–Crippen LogP) is 1.74. The molecule has 2 heterocycles. The molecule has 0 aliphatic carbocycles. The van der Waals surface area contributed by atoms with Crippen molar-refractivity contribution in [2.45, 2.75) is 20.4 Å². The molecule has 0 atom stereocenters. The number of nitrogens with zero attached hydrogens (tertiary/aromatic N) is 3. The Bertz CT molecular complexity index is 533. The van der Waals surface area contributed by atoms with Crippen LogP contribution < -0.4 is 5.32 Å². The van der Waals surface area contributed by atoms with Gasteiger partial charge in [0, 0.05) is 17.8 Å². The Morgan fingerprint density at radius 1 is 1.35 bits per heavy atom. The molecule has 0 spiro atoms. The number of nitrogens with one attached hydrogen (secondary N) is 1. The van der Waals surface area contributed by atoms with Gasteiger partial charge in [0.2, 0.25) is 0 Å². The molecule has 90 valence electrons. The summed E-state index contributed by atoms with van der Waals surface area (Å²) >= 11 is 0. The molecule has 2 aromatic rings. The molecule has 4 nitrogen and oxygen atoms in total. The fourth-order valence-electron chi connectivity index (χ4n) is 1.72. The van der Waals surface area contributed by atoms with Crippen LogP contribution in [0, 0.1) is 19.7 Å². The number of hydrogen-bond donors (Lipinski definition) is 1. The monoisotopic (exact) mass is 234 g/mol. The van der Waals surface area contributed by atoms with E-state index in [1.54, 1.807) is 6.33 Å². The fraction of sp³-hybridized carbons (Fsp3) is 0.333. The van der Waals surface area contributed by atoms with E-state index in [1.807, 2.05) is 25.5 Å². The average molecular weight is 234 g/mol. The number of rotatable bonds is 3. The van der Waals surface area contributed by atoms with E-state index in [0.29, 0.717) is 6.54 Å². The Morgan fingerprint density at radius 2 is 2.12 bits per heavy atom. The lowest BCUT2D eigenvalue weighted by molar-refractivity contribution is 0.614. The Kier molecular flexibility index (Phi) is 3.19. The molecule has 0 saturated heterocycles. The van der Waals surface area contributed by atoms with Crippen LogP contribution in [0.5, 0.6) is 0 Å². The van der Waals surface area contributed by atoms with Crippen molar-refractivity contribution in [1.82, 2.24) is 19.9 Å². The molecule has 5 heteroatoms. The Hall–Kier alpha value is -1.75. The number of hydrogen-bond acceptors (Lipinski definition) is 3. The van der Waals surface area contributed by atoms with Crippen molar-refractivity contribution in [3.8, 4) is 5.82 Å². The van der Waals surface area contributed by atoms with Crippen molar-refractivity contribution in [2.75, 3.05) is 7.05 Å². The molecular formula is C12H15FN4. The molecule has 2 rings (SSSR count). The van der Waals surface area contributed by atoms with Crippen LogP contribution in [0.3, 0.4) is 0 Å². The summed E-state index contributed by atoms with van der Waals surface area (Å²) in [5.41, 5.74) is 2.78. The van der Waals surface area contributed by atoms with Crippen molar-refractivity contribution in [2.24, 2.45) is 0 Å². The Morgan fingerprint density at radius 3 is 2.71 bits per heavy atom. The standard InChI is InChI=1S/C12H15FN4/c1-8-9(2)17(7-16-8)12-10(5-14-3)4-11(13)6-15-12/h4,6-7,14H,5H2,1-3H3. The highest BCUT2D eigenvalue weighted by molar-refractivity contribution is 5.36. The summed E-state index contributed by atoms with van der Waals surface area (Å²) < 4.78 is 15.1. The zero-order valence-electron chi connectivity index (χ0n) is 10.2. The largest absolute Gasteiger partial charge is 0.316 e. The molecule has 0 radical (unpaired) electrons. The first-order valence-electron chi connectivity index (χ1n) is 5.43. The molecule has 0 amide bonds. The highest BCUT2D eigenvalue weighted by Crippen LogP contribution is 2.16. The molecule has 0 fully saturated rings. The van der Waals surface area contributed by atoms with Gasteiger partial charge < -0.3 is 5.32 Å². The first-order chi connectivity index (χ1) is 8.13. The summed E-state index contributed by atoms with van der Waals surface area (Å²) in [7, 11) is 1.82. The van der Waals surface area contributed by atoms with Gasteiger partial charge in [-0.1, -0.05) is 0 Å². The molecule has 0 aliphatic heterocycles. The van der Waals surface area contributed by atoms with Crippen LogP contribution in [0.15, 0.2) is 18.6 Å². The maximum absolute atomic E-state index is 13.2. The predicted molar refractivity (Wildman–Crippen MR) is 63.6 cm³/mol. The maximum atomic E-state index is 13.2. The van der Waals surface area contributed by atoms with Gasteiger partial charge in [-0.15, -0.1) is 0 Å². The Balaban J connectivity index is 2.54. The fourth-order valence-corrected chi connectivity index (χ4v) is 1.72. The first-order valence-corrected chi connectivity index (χ1v) is 5.43. The molecule has 0 aliphatic rings. The minimum atomic E-state index is -0.325. The summed E-state index contributed by atoms with van der Waals surface area (Å²) in [5.74, 6) is 0.396. The third kappa shape index (κ3) is 2.19. The van der Waals surface area contributed by atoms with Crippen LogP contribution in [-0.2, 0) is 6.54 Å². The molecule has 17 heavy (non-hydrogen) atoms. The average Bonchev–Trinajstić information content (AvgIpc) is 2.61. The van der Waals surface area contributed by atoms with Crippen LogP contribution in [0.2, 0.25) is 0 Å². The molecule has 1 N–H and O–H groups in total. The van der Waals surface area contributed by atoms with E-state index >= 15 is 0 Å². The van der Waals surface area contributed by atoms with Crippen LogP contribution in [0.25, 0.3) is 5.82 Å². The van der Waals surface area contributed by atoms with Gasteiger partial charge in [-0.3, -0.25) is 4.57 Å². The Labute approximate surface area is 99.5 Å². The van der Waals surface area contributed by atoms with Crippen LogP contribution in [-0.4, -0.2) is 21.6 Å². The van der Waals surface area contributed by atoms with Gasteiger partial charge in [0.1, 0.15) is 18.0 Å². The van der Waals surface area contributed by atoms with Gasteiger partial charge in [-0.25, -0.2) is 14.4 Å². The summed E-state index contributed by atoms with van der Waals surface area (Å²) in [6.07, 6.45) is 2.94. The minimum Gasteiger partial charge on any atom is -0.316 e. The summed E-state index contributed by atoms with van der Waals surface area (Å²) in [6, 6.07) is 1.49. The topological polar surface area (TPSA) is 42.7 Å². The number of pyridine rings is 1. The molecule has 0 unspecified atom stereocenters. The minimum absolute atomic E-state index is 0.325. The summed E-state index contributed by atoms with van der Waals surface area (Å²) in [4.78, 5) is 8.37. The molecular weight excluding hydrogens is 219 g/mol. The highest BCUT2D eigenvalue weighted by atomic mass is 19.1. The van der Waals surface area contributed by atoms with Crippen molar-refractivity contribution < 1.29 is 4.39 Å². The smallest absolute Gasteiger partial charge is 0.142 e. The van der Waals surface area contributed by atoms with Gasteiger partial charge >= 0.3 is 0 Å². The van der Waals surface area contributed by atoms with E-state index in [0.717, 1.165) is 22.8 Å². The second-order valence-electron chi connectivity index (χ2n) is 3.95. The van der Waals surface area contributed by atoms with Gasteiger partial charge in [0.25, 0.3) is 0 Å². The van der Waals surface area contributed by atoms with Crippen LogP contribution in [0.4, 0.5) is 4.39 Å². The van der Waals surface area contributed by atoms with Crippen molar-refractivity contribution >= 4 is 0 Å². The molecule has 0 bridgehead atoms. The highest BCUT2D eigenvalue weighted by Gasteiger charge is 2.11. The van der Waals surface area contributed by atoms with Crippen LogP contribution >= 0.6 is 0 Å². The SMILES string of the molecule is CNCc1cc(F)cnc1-n1cnc(C)c1C. The van der Waals surface area contributed by atoms with Crippen LogP contribution in [0.1, 0.15) is 17.0 Å². The second-order valence-corrected chi connectivity index (χ2v) is 3.95. The number of aromatic nitrogens is 3. The van der Waals surface area contributed by atoms with E-state index < -0.39 is 0 Å². The lowest BCUT2D eigenvalue weighted by Gasteiger charge is -2.10. The molecule has 0 saturated carbocycles. The van der Waals surface area contributed by atoms with Gasteiger partial charge in [-0.05, 0) is 27.0 Å². The third-order valence-electron chi connectivity index (χ3n) is 2.76. The maximum Gasteiger partial charge on any atom is 0.142 e. The summed E-state index contributed by atoms with van der Waals surface area (Å²) in [6.45, 7) is 4.47. The van der Waals surface area contributed by atoms with Gasteiger partial charge in [0.05, 0.1) is 11.9 Å². The first kappa shape index (κ1) is 11.7.